The molecule has 0 fully saturated rings. The van der Waals surface area contributed by atoms with Crippen LogP contribution in [-0.4, -0.2) is 10.9 Å². The summed E-state index contributed by atoms with van der Waals surface area (Å²) >= 11 is 0. The third-order valence-corrected chi connectivity index (χ3v) is 4.60. The quantitative estimate of drug-likeness (QED) is 0.788. The molecule has 1 amide bonds. The van der Waals surface area contributed by atoms with E-state index in [-0.39, 0.29) is 11.9 Å². The molecule has 1 unspecified atom stereocenters. The van der Waals surface area contributed by atoms with Crippen molar-refractivity contribution in [2.75, 3.05) is 0 Å². The number of aromatic nitrogens is 1. The fraction of sp³-hybridized carbons (Fsp3) is 0.143. The summed E-state index contributed by atoms with van der Waals surface area (Å²) in [6.45, 7) is 0. The summed E-state index contributed by atoms with van der Waals surface area (Å²) in [6, 6.07) is 20.1. The van der Waals surface area contributed by atoms with E-state index in [1.165, 1.54) is 11.1 Å². The molecule has 0 saturated heterocycles. The van der Waals surface area contributed by atoms with E-state index in [1.807, 2.05) is 42.5 Å². The van der Waals surface area contributed by atoms with Crippen LogP contribution in [0.3, 0.4) is 0 Å². The molecule has 0 spiro atoms. The first-order valence-corrected chi connectivity index (χ1v) is 8.20. The Labute approximate surface area is 141 Å². The van der Waals surface area contributed by atoms with Crippen LogP contribution in [0.15, 0.2) is 73.1 Å². The number of pyridine rings is 1. The van der Waals surface area contributed by atoms with Gasteiger partial charge < -0.3 is 5.32 Å². The molecule has 0 bridgehead atoms. The summed E-state index contributed by atoms with van der Waals surface area (Å²) < 4.78 is 0. The van der Waals surface area contributed by atoms with Crippen molar-refractivity contribution in [3.8, 4) is 11.1 Å². The third-order valence-electron chi connectivity index (χ3n) is 4.60. The number of hydrogen-bond donors (Lipinski definition) is 1. The highest BCUT2D eigenvalue weighted by Crippen LogP contribution is 2.31. The molecule has 1 N–H and O–H groups in total. The lowest BCUT2D eigenvalue weighted by molar-refractivity contribution is 0.0937. The molecule has 3 nitrogen and oxygen atoms in total. The van der Waals surface area contributed by atoms with Crippen molar-refractivity contribution in [3.63, 3.8) is 0 Å². The van der Waals surface area contributed by atoms with Crippen molar-refractivity contribution in [1.82, 2.24) is 10.3 Å². The molecule has 1 atom stereocenters. The molecule has 4 rings (SSSR count). The number of amides is 1. The van der Waals surface area contributed by atoms with Crippen LogP contribution in [0, 0.1) is 0 Å². The number of benzene rings is 2. The van der Waals surface area contributed by atoms with Crippen LogP contribution in [0.25, 0.3) is 11.1 Å². The Morgan fingerprint density at radius 1 is 0.917 bits per heavy atom. The van der Waals surface area contributed by atoms with Crippen molar-refractivity contribution in [1.29, 1.82) is 0 Å². The summed E-state index contributed by atoms with van der Waals surface area (Å²) in [5.41, 5.74) is 5.47. The summed E-state index contributed by atoms with van der Waals surface area (Å²) in [7, 11) is 0. The summed E-state index contributed by atoms with van der Waals surface area (Å²) in [4.78, 5) is 16.6. The number of rotatable bonds is 3. The van der Waals surface area contributed by atoms with Gasteiger partial charge in [-0.25, -0.2) is 0 Å². The Kier molecular flexibility index (Phi) is 3.83. The molecule has 2 aromatic carbocycles. The van der Waals surface area contributed by atoms with E-state index in [9.17, 15) is 4.79 Å². The molecule has 0 radical (unpaired) electrons. The number of carbonyl (C=O) groups is 1. The van der Waals surface area contributed by atoms with Gasteiger partial charge in [0.05, 0.1) is 6.04 Å². The maximum atomic E-state index is 12.5. The molecule has 3 heteroatoms. The van der Waals surface area contributed by atoms with Gasteiger partial charge in [0.15, 0.2) is 0 Å². The average Bonchev–Trinajstić information content (AvgIpc) is 3.06. The monoisotopic (exact) mass is 314 g/mol. The second-order valence-corrected chi connectivity index (χ2v) is 6.08. The molecule has 0 saturated carbocycles. The minimum atomic E-state index is -0.0158. The van der Waals surface area contributed by atoms with Crippen molar-refractivity contribution < 1.29 is 4.79 Å². The molecule has 0 aliphatic heterocycles. The molecule has 1 heterocycles. The minimum Gasteiger partial charge on any atom is -0.345 e. The molecule has 118 valence electrons. The second-order valence-electron chi connectivity index (χ2n) is 6.08. The first-order chi connectivity index (χ1) is 11.8. The predicted molar refractivity (Wildman–Crippen MR) is 94.6 cm³/mol. The summed E-state index contributed by atoms with van der Waals surface area (Å²) in [5, 5.41) is 3.16. The fourth-order valence-corrected chi connectivity index (χ4v) is 3.31. The molecule has 24 heavy (non-hydrogen) atoms. The van der Waals surface area contributed by atoms with Crippen LogP contribution in [0.2, 0.25) is 0 Å². The Morgan fingerprint density at radius 3 is 2.42 bits per heavy atom. The number of carbonyl (C=O) groups excluding carboxylic acids is 1. The lowest BCUT2D eigenvalue weighted by Gasteiger charge is -2.14. The lowest BCUT2D eigenvalue weighted by Crippen LogP contribution is -2.27. The SMILES string of the molecule is O=C(NC1CCc2ccccc21)c1ccc(-c2ccncc2)cc1. The first-order valence-electron chi connectivity index (χ1n) is 8.20. The third kappa shape index (κ3) is 2.81. The zero-order valence-electron chi connectivity index (χ0n) is 13.3. The zero-order valence-corrected chi connectivity index (χ0v) is 13.3. The smallest absolute Gasteiger partial charge is 0.251 e. The van der Waals surface area contributed by atoms with Gasteiger partial charge in [0.25, 0.3) is 5.91 Å². The van der Waals surface area contributed by atoms with Crippen molar-refractivity contribution in [2.45, 2.75) is 18.9 Å². The van der Waals surface area contributed by atoms with Gasteiger partial charge in [-0.2, -0.15) is 0 Å². The largest absolute Gasteiger partial charge is 0.345 e. The highest BCUT2D eigenvalue weighted by molar-refractivity contribution is 5.95. The maximum Gasteiger partial charge on any atom is 0.251 e. The van der Waals surface area contributed by atoms with E-state index < -0.39 is 0 Å². The maximum absolute atomic E-state index is 12.5. The molecule has 1 aliphatic carbocycles. The molecule has 1 aliphatic rings. The molecule has 3 aromatic rings. The standard InChI is InChI=1S/C21H18N2O/c24-21(23-20-10-9-17-3-1-2-4-19(17)20)18-7-5-15(6-8-18)16-11-13-22-14-12-16/h1-8,11-14,20H,9-10H2,(H,23,24). The first kappa shape index (κ1) is 14.6. The van der Waals surface area contributed by atoms with E-state index in [2.05, 4.69) is 28.5 Å². The number of hydrogen-bond acceptors (Lipinski definition) is 2. The van der Waals surface area contributed by atoms with Crippen LogP contribution in [0.5, 0.6) is 0 Å². The van der Waals surface area contributed by atoms with Gasteiger partial charge >= 0.3 is 0 Å². The summed E-state index contributed by atoms with van der Waals surface area (Å²) in [5.74, 6) is -0.0158. The average molecular weight is 314 g/mol. The minimum absolute atomic E-state index is 0.0158. The van der Waals surface area contributed by atoms with Crippen LogP contribution in [0.1, 0.15) is 33.9 Å². The zero-order chi connectivity index (χ0) is 16.4. The van der Waals surface area contributed by atoms with Crippen LogP contribution >= 0.6 is 0 Å². The Hall–Kier alpha value is -2.94. The van der Waals surface area contributed by atoms with Crippen LogP contribution in [-0.2, 0) is 6.42 Å². The van der Waals surface area contributed by atoms with E-state index in [1.54, 1.807) is 12.4 Å². The van der Waals surface area contributed by atoms with Crippen molar-refractivity contribution >= 4 is 5.91 Å². The molecule has 1 aromatic heterocycles. The van der Waals surface area contributed by atoms with E-state index in [0.717, 1.165) is 24.0 Å². The number of aryl methyl sites for hydroxylation is 1. The normalized spacial score (nSPS) is 15.8. The van der Waals surface area contributed by atoms with Gasteiger partial charge in [0.2, 0.25) is 0 Å². The Bertz CT molecular complexity index is 857. The second kappa shape index (κ2) is 6.28. The van der Waals surface area contributed by atoms with Crippen LogP contribution < -0.4 is 5.32 Å². The molecular weight excluding hydrogens is 296 g/mol. The van der Waals surface area contributed by atoms with E-state index in [4.69, 9.17) is 0 Å². The van der Waals surface area contributed by atoms with E-state index >= 15 is 0 Å². The number of nitrogens with zero attached hydrogens (tertiary/aromatic N) is 1. The van der Waals surface area contributed by atoms with Gasteiger partial charge in [-0.05, 0) is 59.4 Å². The molecular formula is C21H18N2O. The van der Waals surface area contributed by atoms with Gasteiger partial charge in [-0.15, -0.1) is 0 Å². The van der Waals surface area contributed by atoms with Crippen molar-refractivity contribution in [3.05, 3.63) is 89.7 Å². The fourth-order valence-electron chi connectivity index (χ4n) is 3.31. The van der Waals surface area contributed by atoms with Crippen LogP contribution in [0.4, 0.5) is 0 Å². The Balaban J connectivity index is 1.50. The topological polar surface area (TPSA) is 42.0 Å². The van der Waals surface area contributed by atoms with Gasteiger partial charge in [-0.1, -0.05) is 36.4 Å². The van der Waals surface area contributed by atoms with Gasteiger partial charge in [0, 0.05) is 18.0 Å². The highest BCUT2D eigenvalue weighted by Gasteiger charge is 2.23. The van der Waals surface area contributed by atoms with Gasteiger partial charge in [-0.3, -0.25) is 9.78 Å². The predicted octanol–water partition coefficient (Wildman–Crippen LogP) is 4.17. The number of fused-ring (bicyclic) bond motifs is 1. The van der Waals surface area contributed by atoms with Gasteiger partial charge in [0.1, 0.15) is 0 Å². The lowest BCUT2D eigenvalue weighted by atomic mass is 10.0. The van der Waals surface area contributed by atoms with E-state index in [0.29, 0.717) is 5.56 Å². The summed E-state index contributed by atoms with van der Waals surface area (Å²) in [6.07, 6.45) is 5.54. The number of nitrogens with one attached hydrogen (secondary N) is 1. The highest BCUT2D eigenvalue weighted by atomic mass is 16.1. The van der Waals surface area contributed by atoms with Crippen molar-refractivity contribution in [2.24, 2.45) is 0 Å². The Morgan fingerprint density at radius 2 is 1.62 bits per heavy atom.